The van der Waals surface area contributed by atoms with Crippen LogP contribution in [0.3, 0.4) is 0 Å². The Hall–Kier alpha value is -0.0600. The minimum absolute atomic E-state index is 0.126. The molecule has 0 fully saturated rings. The quantitative estimate of drug-likeness (QED) is 0.556. The van der Waals surface area contributed by atoms with Crippen molar-refractivity contribution < 1.29 is 0 Å². The average molecular weight is 252 g/mol. The number of alkyl halides is 1. The van der Waals surface area contributed by atoms with Crippen molar-refractivity contribution in [2.75, 3.05) is 0 Å². The maximum atomic E-state index is 5.95. The summed E-state index contributed by atoms with van der Waals surface area (Å²) in [6, 6.07) is 1.96. The van der Waals surface area contributed by atoms with Crippen LogP contribution in [0.4, 0.5) is 5.69 Å². The first kappa shape index (κ1) is 7.58. The molecule has 1 aliphatic rings. The Bertz CT molecular complexity index is 310. The van der Waals surface area contributed by atoms with Crippen molar-refractivity contribution >= 4 is 50.9 Å². The lowest BCUT2D eigenvalue weighted by Gasteiger charge is -2.11. The molecule has 1 aliphatic heterocycles. The Balaban J connectivity index is 2.53. The fourth-order valence-corrected chi connectivity index (χ4v) is 2.71. The Labute approximate surface area is 81.4 Å². The van der Waals surface area contributed by atoms with Gasteiger partial charge < -0.3 is 5.32 Å². The smallest absolute Gasteiger partial charge is 0.139 e. The molecule has 11 heavy (non-hydrogen) atoms. The highest BCUT2D eigenvalue weighted by molar-refractivity contribution is 9.11. The summed E-state index contributed by atoms with van der Waals surface area (Å²) in [4.78, 5) is 5.19. The summed E-state index contributed by atoms with van der Waals surface area (Å²) in [5, 5.41) is 2.91. The van der Waals surface area contributed by atoms with E-state index in [1.807, 2.05) is 6.07 Å². The van der Waals surface area contributed by atoms with Crippen molar-refractivity contribution in [1.82, 2.24) is 5.32 Å². The zero-order valence-electron chi connectivity index (χ0n) is 5.34. The highest BCUT2D eigenvalue weighted by Crippen LogP contribution is 2.40. The van der Waals surface area contributed by atoms with Crippen LogP contribution in [0.15, 0.2) is 14.8 Å². The molecule has 1 aromatic heterocycles. The molecule has 0 aromatic carbocycles. The largest absolute Gasteiger partial charge is 0.356 e. The van der Waals surface area contributed by atoms with Gasteiger partial charge in [-0.1, -0.05) is 11.6 Å². The van der Waals surface area contributed by atoms with Gasteiger partial charge in [-0.15, -0.1) is 11.3 Å². The molecule has 0 bridgehead atoms. The van der Waals surface area contributed by atoms with Crippen molar-refractivity contribution in [2.45, 2.75) is 5.50 Å². The van der Waals surface area contributed by atoms with Crippen LogP contribution in [0.5, 0.6) is 0 Å². The molecule has 1 atom stereocenters. The predicted molar refractivity (Wildman–Crippen MR) is 51.9 cm³/mol. The number of rotatable bonds is 0. The number of nitrogens with one attached hydrogen (secondary N) is 1. The fraction of sp³-hybridized carbons (Fsp3) is 0.167. The molecule has 1 unspecified atom stereocenters. The predicted octanol–water partition coefficient (Wildman–Crippen LogP) is 3.01. The summed E-state index contributed by atoms with van der Waals surface area (Å²) >= 11 is 10.9. The summed E-state index contributed by atoms with van der Waals surface area (Å²) in [5.41, 5.74) is 0.833. The van der Waals surface area contributed by atoms with E-state index in [1.165, 1.54) is 0 Å². The first-order valence-electron chi connectivity index (χ1n) is 2.99. The number of halogens is 2. The molecule has 0 aliphatic carbocycles. The van der Waals surface area contributed by atoms with Crippen LogP contribution >= 0.6 is 38.9 Å². The lowest BCUT2D eigenvalue weighted by Crippen LogP contribution is -2.15. The maximum absolute atomic E-state index is 5.95. The van der Waals surface area contributed by atoms with E-state index in [9.17, 15) is 0 Å². The third kappa shape index (κ3) is 1.30. The van der Waals surface area contributed by atoms with E-state index in [0.717, 1.165) is 14.4 Å². The molecule has 0 radical (unpaired) electrons. The summed E-state index contributed by atoms with van der Waals surface area (Å²) in [5.74, 6) is 0. The molecule has 5 heteroatoms. The fourth-order valence-electron chi connectivity index (χ4n) is 0.896. The molecular weight excluding hydrogens is 248 g/mol. The summed E-state index contributed by atoms with van der Waals surface area (Å²) < 4.78 is 1.06. The van der Waals surface area contributed by atoms with Gasteiger partial charge in [-0.05, 0) is 22.0 Å². The minimum Gasteiger partial charge on any atom is -0.356 e. The molecule has 0 spiro atoms. The van der Waals surface area contributed by atoms with Crippen molar-refractivity contribution in [2.24, 2.45) is 4.99 Å². The van der Waals surface area contributed by atoms with Gasteiger partial charge in [-0.2, -0.15) is 0 Å². The number of hydrogen-bond acceptors (Lipinski definition) is 3. The summed E-state index contributed by atoms with van der Waals surface area (Å²) in [7, 11) is 0. The summed E-state index contributed by atoms with van der Waals surface area (Å²) in [6.45, 7) is 0. The Morgan fingerprint density at radius 3 is 3.27 bits per heavy atom. The second-order valence-corrected chi connectivity index (χ2v) is 4.99. The molecular formula is C6H4BrClN2S. The minimum atomic E-state index is -0.126. The number of fused-ring (bicyclic) bond motifs is 1. The average Bonchev–Trinajstić information content (AvgIpc) is 2.31. The molecule has 1 N–H and O–H groups in total. The molecule has 2 nitrogen and oxygen atoms in total. The van der Waals surface area contributed by atoms with E-state index in [4.69, 9.17) is 11.6 Å². The monoisotopic (exact) mass is 250 g/mol. The highest BCUT2D eigenvalue weighted by atomic mass is 79.9. The van der Waals surface area contributed by atoms with Gasteiger partial charge in [-0.3, -0.25) is 0 Å². The third-order valence-electron chi connectivity index (χ3n) is 1.36. The molecule has 1 aromatic rings. The van der Waals surface area contributed by atoms with Crippen molar-refractivity contribution in [1.29, 1.82) is 0 Å². The Morgan fingerprint density at radius 2 is 2.55 bits per heavy atom. The number of nitrogens with zero attached hydrogens (tertiary/aromatic N) is 1. The first-order valence-corrected chi connectivity index (χ1v) is 5.04. The third-order valence-corrected chi connectivity index (χ3v) is 3.53. The molecule has 2 rings (SSSR count). The van der Waals surface area contributed by atoms with Gasteiger partial charge in [-0.25, -0.2) is 4.99 Å². The number of thiophene rings is 1. The second kappa shape index (κ2) is 2.77. The van der Waals surface area contributed by atoms with Crippen LogP contribution in [0.25, 0.3) is 0 Å². The van der Waals surface area contributed by atoms with Gasteiger partial charge in [0, 0.05) is 0 Å². The van der Waals surface area contributed by atoms with Crippen LogP contribution in [-0.2, 0) is 0 Å². The first-order chi connectivity index (χ1) is 5.27. The molecule has 0 amide bonds. The van der Waals surface area contributed by atoms with Crippen LogP contribution in [0.1, 0.15) is 10.4 Å². The zero-order valence-corrected chi connectivity index (χ0v) is 8.50. The molecule has 0 saturated carbocycles. The molecule has 0 saturated heterocycles. The van der Waals surface area contributed by atoms with E-state index in [2.05, 4.69) is 26.2 Å². The normalized spacial score (nSPS) is 21.1. The SMILES string of the molecule is ClC1NC=Nc2cc(Br)sc21. The van der Waals surface area contributed by atoms with Crippen LogP contribution < -0.4 is 5.32 Å². The van der Waals surface area contributed by atoms with Gasteiger partial charge >= 0.3 is 0 Å². The van der Waals surface area contributed by atoms with Gasteiger partial charge in [0.2, 0.25) is 0 Å². The van der Waals surface area contributed by atoms with Crippen LogP contribution in [0.2, 0.25) is 0 Å². The van der Waals surface area contributed by atoms with E-state index < -0.39 is 0 Å². The van der Waals surface area contributed by atoms with Crippen molar-refractivity contribution in [3.63, 3.8) is 0 Å². The standard InChI is InChI=1S/C6H4BrClN2S/c7-4-1-3-5(11-4)6(8)10-2-9-3/h1-2,6H,(H,9,10). The Morgan fingerprint density at radius 1 is 1.73 bits per heavy atom. The summed E-state index contributed by atoms with van der Waals surface area (Å²) in [6.07, 6.45) is 1.62. The van der Waals surface area contributed by atoms with Gasteiger partial charge in [0.05, 0.1) is 20.7 Å². The lowest BCUT2D eigenvalue weighted by molar-refractivity contribution is 0.894. The van der Waals surface area contributed by atoms with E-state index in [0.29, 0.717) is 0 Å². The molecule has 2 heterocycles. The van der Waals surface area contributed by atoms with Gasteiger partial charge in [0.1, 0.15) is 5.50 Å². The Kier molecular flexibility index (Phi) is 1.91. The lowest BCUT2D eigenvalue weighted by atomic mass is 10.4. The molecule has 58 valence electrons. The van der Waals surface area contributed by atoms with Crippen molar-refractivity contribution in [3.05, 3.63) is 14.7 Å². The van der Waals surface area contributed by atoms with Crippen LogP contribution in [-0.4, -0.2) is 6.34 Å². The zero-order chi connectivity index (χ0) is 7.84. The highest BCUT2D eigenvalue weighted by Gasteiger charge is 2.17. The maximum Gasteiger partial charge on any atom is 0.139 e. The van der Waals surface area contributed by atoms with E-state index in [1.54, 1.807) is 17.7 Å². The topological polar surface area (TPSA) is 24.4 Å². The van der Waals surface area contributed by atoms with E-state index in [-0.39, 0.29) is 5.50 Å². The van der Waals surface area contributed by atoms with Gasteiger partial charge in [0.15, 0.2) is 0 Å². The van der Waals surface area contributed by atoms with Crippen molar-refractivity contribution in [3.8, 4) is 0 Å². The number of hydrogen-bond donors (Lipinski definition) is 1. The van der Waals surface area contributed by atoms with Crippen LogP contribution in [0, 0.1) is 0 Å². The van der Waals surface area contributed by atoms with Gasteiger partial charge in [0.25, 0.3) is 0 Å². The second-order valence-electron chi connectivity index (χ2n) is 2.09. The number of aliphatic imine (C=N–C) groups is 1. The van der Waals surface area contributed by atoms with E-state index >= 15 is 0 Å².